The van der Waals surface area contributed by atoms with E-state index in [9.17, 15) is 0 Å². The number of hydrogen-bond donors (Lipinski definition) is 1. The van der Waals surface area contributed by atoms with E-state index in [1.54, 1.807) is 12.5 Å². The standard InChI is InChI=1S/C12H19N5/c1-4-5-13-10(3)9(2)11-12-16-15-8-17(12)7-6-14-11/h6-10,13H,4-5H2,1-3H3. The van der Waals surface area contributed by atoms with E-state index in [-0.39, 0.29) is 0 Å². The predicted octanol–water partition coefficient (Wildman–Crippen LogP) is 1.62. The van der Waals surface area contributed by atoms with Gasteiger partial charge < -0.3 is 5.32 Å². The second-order valence-corrected chi connectivity index (χ2v) is 4.41. The van der Waals surface area contributed by atoms with Crippen LogP contribution in [0.15, 0.2) is 18.7 Å². The summed E-state index contributed by atoms with van der Waals surface area (Å²) in [6.07, 6.45) is 6.52. The van der Waals surface area contributed by atoms with Gasteiger partial charge in [-0.3, -0.25) is 9.38 Å². The van der Waals surface area contributed by atoms with Crippen molar-refractivity contribution in [3.05, 3.63) is 24.4 Å². The molecule has 0 spiro atoms. The molecule has 0 fully saturated rings. The maximum Gasteiger partial charge on any atom is 0.182 e. The van der Waals surface area contributed by atoms with Crippen molar-refractivity contribution in [2.75, 3.05) is 6.54 Å². The Morgan fingerprint density at radius 1 is 1.41 bits per heavy atom. The van der Waals surface area contributed by atoms with Gasteiger partial charge in [0.1, 0.15) is 6.33 Å². The molecule has 2 aromatic rings. The molecule has 1 N–H and O–H groups in total. The van der Waals surface area contributed by atoms with Crippen molar-refractivity contribution in [3.8, 4) is 0 Å². The van der Waals surface area contributed by atoms with Crippen LogP contribution in [0.5, 0.6) is 0 Å². The number of rotatable bonds is 5. The highest BCUT2D eigenvalue weighted by Gasteiger charge is 2.18. The lowest BCUT2D eigenvalue weighted by molar-refractivity contribution is 0.475. The molecule has 5 heteroatoms. The van der Waals surface area contributed by atoms with Crippen LogP contribution in [-0.2, 0) is 0 Å². The van der Waals surface area contributed by atoms with E-state index in [2.05, 4.69) is 41.3 Å². The Morgan fingerprint density at radius 2 is 2.24 bits per heavy atom. The number of hydrogen-bond acceptors (Lipinski definition) is 4. The van der Waals surface area contributed by atoms with Gasteiger partial charge in [0.25, 0.3) is 0 Å². The molecule has 0 radical (unpaired) electrons. The molecule has 0 amide bonds. The van der Waals surface area contributed by atoms with E-state index in [1.165, 1.54) is 0 Å². The van der Waals surface area contributed by atoms with Crippen LogP contribution in [0.3, 0.4) is 0 Å². The topological polar surface area (TPSA) is 55.1 Å². The Kier molecular flexibility index (Phi) is 3.68. The first-order valence-corrected chi connectivity index (χ1v) is 6.11. The highest BCUT2D eigenvalue weighted by atomic mass is 15.2. The summed E-state index contributed by atoms with van der Waals surface area (Å²) in [4.78, 5) is 4.44. The monoisotopic (exact) mass is 233 g/mol. The van der Waals surface area contributed by atoms with Crippen molar-refractivity contribution in [2.45, 2.75) is 39.2 Å². The summed E-state index contributed by atoms with van der Waals surface area (Å²) in [5.41, 5.74) is 1.85. The fourth-order valence-electron chi connectivity index (χ4n) is 1.89. The Balaban J connectivity index is 2.23. The molecule has 2 rings (SSSR count). The first-order valence-electron chi connectivity index (χ1n) is 6.11. The molecule has 2 unspecified atom stereocenters. The van der Waals surface area contributed by atoms with Gasteiger partial charge in [0, 0.05) is 24.4 Å². The van der Waals surface area contributed by atoms with Crippen LogP contribution >= 0.6 is 0 Å². The molecule has 0 aliphatic carbocycles. The first-order chi connectivity index (χ1) is 8.24. The number of fused-ring (bicyclic) bond motifs is 1. The van der Waals surface area contributed by atoms with Gasteiger partial charge in [0.05, 0.1) is 5.69 Å². The predicted molar refractivity (Wildman–Crippen MR) is 67.0 cm³/mol. The SMILES string of the molecule is CCCNC(C)C(C)c1nccn2cnnc12. The van der Waals surface area contributed by atoms with Crippen LogP contribution in [0.25, 0.3) is 5.65 Å². The molecule has 0 aliphatic heterocycles. The number of aromatic nitrogens is 4. The zero-order chi connectivity index (χ0) is 12.3. The van der Waals surface area contributed by atoms with Crippen molar-refractivity contribution in [2.24, 2.45) is 0 Å². The Hall–Kier alpha value is -1.49. The van der Waals surface area contributed by atoms with Crippen LogP contribution in [0.4, 0.5) is 0 Å². The molecule has 0 bridgehead atoms. The molecule has 2 heterocycles. The van der Waals surface area contributed by atoms with Crippen molar-refractivity contribution in [1.82, 2.24) is 24.9 Å². The minimum atomic E-state index is 0.314. The van der Waals surface area contributed by atoms with Gasteiger partial charge in [0.2, 0.25) is 0 Å². The van der Waals surface area contributed by atoms with Gasteiger partial charge in [-0.25, -0.2) is 0 Å². The zero-order valence-electron chi connectivity index (χ0n) is 10.6. The second kappa shape index (κ2) is 5.23. The highest BCUT2D eigenvalue weighted by molar-refractivity contribution is 5.44. The average Bonchev–Trinajstić information content (AvgIpc) is 2.82. The Labute approximate surface area is 101 Å². The average molecular weight is 233 g/mol. The Bertz CT molecular complexity index is 478. The largest absolute Gasteiger partial charge is 0.314 e. The van der Waals surface area contributed by atoms with E-state index in [4.69, 9.17) is 0 Å². The lowest BCUT2D eigenvalue weighted by atomic mass is 9.99. The Morgan fingerprint density at radius 3 is 3.00 bits per heavy atom. The van der Waals surface area contributed by atoms with Gasteiger partial charge in [-0.15, -0.1) is 10.2 Å². The third-order valence-corrected chi connectivity index (χ3v) is 3.14. The van der Waals surface area contributed by atoms with Gasteiger partial charge in [-0.05, 0) is 19.9 Å². The van der Waals surface area contributed by atoms with Crippen molar-refractivity contribution >= 4 is 5.65 Å². The molecular weight excluding hydrogens is 214 g/mol. The van der Waals surface area contributed by atoms with Crippen LogP contribution in [0.2, 0.25) is 0 Å². The smallest absolute Gasteiger partial charge is 0.182 e. The molecule has 92 valence electrons. The normalized spacial score (nSPS) is 15.0. The molecule has 5 nitrogen and oxygen atoms in total. The zero-order valence-corrected chi connectivity index (χ0v) is 10.6. The third-order valence-electron chi connectivity index (χ3n) is 3.14. The molecule has 0 aliphatic rings. The van der Waals surface area contributed by atoms with Crippen LogP contribution in [-0.4, -0.2) is 32.2 Å². The molecule has 0 saturated heterocycles. The van der Waals surface area contributed by atoms with Crippen LogP contribution in [0.1, 0.15) is 38.8 Å². The maximum absolute atomic E-state index is 4.44. The quantitative estimate of drug-likeness (QED) is 0.852. The fourth-order valence-corrected chi connectivity index (χ4v) is 1.89. The molecular formula is C12H19N5. The first kappa shape index (κ1) is 12.0. The summed E-state index contributed by atoms with van der Waals surface area (Å²) in [6, 6.07) is 0.380. The molecule has 2 aromatic heterocycles. The molecule has 17 heavy (non-hydrogen) atoms. The lowest BCUT2D eigenvalue weighted by Gasteiger charge is -2.20. The molecule has 2 atom stereocenters. The summed E-state index contributed by atoms with van der Waals surface area (Å²) in [6.45, 7) is 7.55. The van der Waals surface area contributed by atoms with Gasteiger partial charge in [-0.2, -0.15) is 0 Å². The summed E-state index contributed by atoms with van der Waals surface area (Å²) in [5.74, 6) is 0.314. The number of nitrogens with zero attached hydrogens (tertiary/aromatic N) is 4. The fraction of sp³-hybridized carbons (Fsp3) is 0.583. The summed E-state index contributed by atoms with van der Waals surface area (Å²) in [7, 11) is 0. The van der Waals surface area contributed by atoms with E-state index >= 15 is 0 Å². The van der Waals surface area contributed by atoms with Crippen LogP contribution < -0.4 is 5.32 Å². The second-order valence-electron chi connectivity index (χ2n) is 4.41. The van der Waals surface area contributed by atoms with Crippen LogP contribution in [0, 0.1) is 0 Å². The van der Waals surface area contributed by atoms with Gasteiger partial charge in [-0.1, -0.05) is 13.8 Å². The van der Waals surface area contributed by atoms with E-state index in [0.29, 0.717) is 12.0 Å². The summed E-state index contributed by atoms with van der Waals surface area (Å²) >= 11 is 0. The lowest BCUT2D eigenvalue weighted by Crippen LogP contribution is -2.32. The van der Waals surface area contributed by atoms with Gasteiger partial charge >= 0.3 is 0 Å². The third kappa shape index (κ3) is 2.44. The summed E-state index contributed by atoms with van der Waals surface area (Å²) in [5, 5.41) is 11.5. The van der Waals surface area contributed by atoms with E-state index in [0.717, 1.165) is 24.3 Å². The minimum absolute atomic E-state index is 0.314. The van der Waals surface area contributed by atoms with E-state index in [1.807, 2.05) is 10.6 Å². The van der Waals surface area contributed by atoms with Gasteiger partial charge in [0.15, 0.2) is 5.65 Å². The van der Waals surface area contributed by atoms with Crippen molar-refractivity contribution in [1.29, 1.82) is 0 Å². The van der Waals surface area contributed by atoms with Crippen molar-refractivity contribution < 1.29 is 0 Å². The molecule has 0 saturated carbocycles. The van der Waals surface area contributed by atoms with Crippen molar-refractivity contribution in [3.63, 3.8) is 0 Å². The number of nitrogens with one attached hydrogen (secondary N) is 1. The highest BCUT2D eigenvalue weighted by Crippen LogP contribution is 2.19. The van der Waals surface area contributed by atoms with E-state index < -0.39 is 0 Å². The molecule has 0 aromatic carbocycles. The maximum atomic E-state index is 4.44. The minimum Gasteiger partial charge on any atom is -0.314 e. The summed E-state index contributed by atoms with van der Waals surface area (Å²) < 4.78 is 1.91.